The summed E-state index contributed by atoms with van der Waals surface area (Å²) in [7, 11) is 0. The Hall–Kier alpha value is -2.11. The molecule has 0 unspecified atom stereocenters. The maximum atomic E-state index is 11.7. The second-order valence-corrected chi connectivity index (χ2v) is 4.46. The molecule has 2 amide bonds. The number of likely N-dealkylation sites (tertiary alicyclic amines) is 1. The summed E-state index contributed by atoms with van der Waals surface area (Å²) in [5.41, 5.74) is -0.0175. The first kappa shape index (κ1) is 13.3. The lowest BCUT2D eigenvalue weighted by molar-refractivity contribution is -0.129. The van der Waals surface area contributed by atoms with Crippen molar-refractivity contribution in [3.63, 3.8) is 0 Å². The predicted octanol–water partition coefficient (Wildman–Crippen LogP) is 0.529. The molecule has 6 nitrogen and oxygen atoms in total. The summed E-state index contributed by atoms with van der Waals surface area (Å²) in [6, 6.07) is 2.94. The Morgan fingerprint density at radius 1 is 1.37 bits per heavy atom. The van der Waals surface area contributed by atoms with Gasteiger partial charge in [-0.3, -0.25) is 9.59 Å². The highest BCUT2D eigenvalue weighted by molar-refractivity contribution is 5.94. The van der Waals surface area contributed by atoms with Crippen molar-refractivity contribution in [2.24, 2.45) is 0 Å². The van der Waals surface area contributed by atoms with Crippen LogP contribution < -0.4 is 5.32 Å². The Morgan fingerprint density at radius 3 is 2.79 bits per heavy atom. The zero-order valence-electron chi connectivity index (χ0n) is 10.6. The minimum absolute atomic E-state index is 0.0175. The van der Waals surface area contributed by atoms with E-state index in [0.717, 1.165) is 25.9 Å². The molecular weight excluding hydrogens is 246 g/mol. The van der Waals surface area contributed by atoms with Gasteiger partial charge in [0.25, 0.3) is 5.91 Å². The summed E-state index contributed by atoms with van der Waals surface area (Å²) in [5.74, 6) is -0.568. The number of hydrogen-bond donors (Lipinski definition) is 2. The molecule has 6 heteroatoms. The molecule has 102 valence electrons. The summed E-state index contributed by atoms with van der Waals surface area (Å²) in [5, 5.41) is 12.0. The molecule has 0 spiro atoms. The fourth-order valence-electron chi connectivity index (χ4n) is 2.06. The first-order valence-electron chi connectivity index (χ1n) is 6.38. The van der Waals surface area contributed by atoms with Gasteiger partial charge in [-0.05, 0) is 25.0 Å². The second-order valence-electron chi connectivity index (χ2n) is 4.46. The minimum atomic E-state index is -0.465. The molecule has 0 aliphatic carbocycles. The summed E-state index contributed by atoms with van der Waals surface area (Å²) in [6.07, 6.45) is 3.82. The van der Waals surface area contributed by atoms with Crippen LogP contribution in [0.4, 0.5) is 0 Å². The van der Waals surface area contributed by atoms with Gasteiger partial charge in [-0.1, -0.05) is 0 Å². The third kappa shape index (κ3) is 3.43. The second kappa shape index (κ2) is 6.17. The van der Waals surface area contributed by atoms with Crippen molar-refractivity contribution in [1.82, 2.24) is 15.2 Å². The first-order valence-corrected chi connectivity index (χ1v) is 6.38. The largest absolute Gasteiger partial charge is 0.505 e. The van der Waals surface area contributed by atoms with E-state index in [1.54, 1.807) is 6.07 Å². The third-order valence-electron chi connectivity index (χ3n) is 3.08. The molecule has 0 aromatic carbocycles. The number of nitrogens with one attached hydrogen (secondary N) is 1. The fourth-order valence-corrected chi connectivity index (χ4v) is 2.06. The molecule has 2 heterocycles. The van der Waals surface area contributed by atoms with E-state index in [-0.39, 0.29) is 30.3 Å². The lowest BCUT2D eigenvalue weighted by atomic mass is 10.3. The van der Waals surface area contributed by atoms with Crippen LogP contribution in [0.3, 0.4) is 0 Å². The summed E-state index contributed by atoms with van der Waals surface area (Å²) < 4.78 is 0. The SMILES string of the molecule is O=C(NCCC(=O)N1CCCC1)c1ncccc1O. The minimum Gasteiger partial charge on any atom is -0.505 e. The molecule has 1 aliphatic heterocycles. The van der Waals surface area contributed by atoms with E-state index >= 15 is 0 Å². The van der Waals surface area contributed by atoms with Crippen molar-refractivity contribution in [2.45, 2.75) is 19.3 Å². The number of aromatic hydroxyl groups is 1. The molecule has 0 bridgehead atoms. The average Bonchev–Trinajstić information content (AvgIpc) is 2.93. The maximum Gasteiger partial charge on any atom is 0.273 e. The van der Waals surface area contributed by atoms with Crippen LogP contribution in [0.5, 0.6) is 5.75 Å². The highest BCUT2D eigenvalue weighted by atomic mass is 16.3. The van der Waals surface area contributed by atoms with Gasteiger partial charge in [-0.25, -0.2) is 4.98 Å². The van der Waals surface area contributed by atoms with E-state index in [1.807, 2.05) is 4.90 Å². The smallest absolute Gasteiger partial charge is 0.273 e. The van der Waals surface area contributed by atoms with Crippen LogP contribution in [0, 0.1) is 0 Å². The Bertz CT molecular complexity index is 470. The van der Waals surface area contributed by atoms with Gasteiger partial charge < -0.3 is 15.3 Å². The van der Waals surface area contributed by atoms with Gasteiger partial charge >= 0.3 is 0 Å². The van der Waals surface area contributed by atoms with Gasteiger partial charge in [0, 0.05) is 32.3 Å². The number of pyridine rings is 1. The molecule has 1 fully saturated rings. The van der Waals surface area contributed by atoms with Crippen molar-refractivity contribution in [3.8, 4) is 5.75 Å². The monoisotopic (exact) mass is 263 g/mol. The fraction of sp³-hybridized carbons (Fsp3) is 0.462. The summed E-state index contributed by atoms with van der Waals surface area (Å²) >= 11 is 0. The van der Waals surface area contributed by atoms with Crippen molar-refractivity contribution >= 4 is 11.8 Å². The zero-order valence-corrected chi connectivity index (χ0v) is 10.6. The van der Waals surface area contributed by atoms with Crippen LogP contribution in [0.1, 0.15) is 29.8 Å². The number of carbonyl (C=O) groups excluding carboxylic acids is 2. The molecule has 1 aromatic rings. The van der Waals surface area contributed by atoms with Crippen molar-refractivity contribution in [3.05, 3.63) is 24.0 Å². The predicted molar refractivity (Wildman–Crippen MR) is 68.7 cm³/mol. The molecule has 1 saturated heterocycles. The van der Waals surface area contributed by atoms with E-state index in [1.165, 1.54) is 12.3 Å². The number of carbonyl (C=O) groups is 2. The lowest BCUT2D eigenvalue weighted by Gasteiger charge is -2.15. The zero-order chi connectivity index (χ0) is 13.7. The van der Waals surface area contributed by atoms with E-state index in [2.05, 4.69) is 10.3 Å². The normalized spacial score (nSPS) is 14.4. The van der Waals surface area contributed by atoms with Gasteiger partial charge in [0.15, 0.2) is 5.69 Å². The molecule has 0 atom stereocenters. The van der Waals surface area contributed by atoms with Crippen LogP contribution in [-0.4, -0.2) is 46.4 Å². The molecule has 19 heavy (non-hydrogen) atoms. The Morgan fingerprint density at radius 2 is 2.11 bits per heavy atom. The van der Waals surface area contributed by atoms with Gasteiger partial charge in [0.1, 0.15) is 5.75 Å². The number of nitrogens with zero attached hydrogens (tertiary/aromatic N) is 2. The Labute approximate surface area is 111 Å². The number of rotatable bonds is 4. The number of aromatic nitrogens is 1. The van der Waals surface area contributed by atoms with Gasteiger partial charge in [-0.15, -0.1) is 0 Å². The molecule has 0 saturated carbocycles. The molecular formula is C13H17N3O3. The van der Waals surface area contributed by atoms with Crippen LogP contribution in [-0.2, 0) is 4.79 Å². The highest BCUT2D eigenvalue weighted by Gasteiger charge is 2.18. The maximum absolute atomic E-state index is 11.7. The first-order chi connectivity index (χ1) is 9.18. The highest BCUT2D eigenvalue weighted by Crippen LogP contribution is 2.12. The van der Waals surface area contributed by atoms with Gasteiger partial charge in [0.05, 0.1) is 0 Å². The molecule has 1 aliphatic rings. The molecule has 1 aromatic heterocycles. The molecule has 2 rings (SSSR count). The van der Waals surface area contributed by atoms with Crippen LogP contribution >= 0.6 is 0 Å². The summed E-state index contributed by atoms with van der Waals surface area (Å²) in [4.78, 5) is 29.1. The summed E-state index contributed by atoms with van der Waals surface area (Å²) in [6.45, 7) is 1.88. The molecule has 0 radical (unpaired) electrons. The van der Waals surface area contributed by atoms with Crippen molar-refractivity contribution in [2.75, 3.05) is 19.6 Å². The Balaban J connectivity index is 1.78. The van der Waals surface area contributed by atoms with Crippen LogP contribution in [0.25, 0.3) is 0 Å². The van der Waals surface area contributed by atoms with Crippen LogP contribution in [0.2, 0.25) is 0 Å². The van der Waals surface area contributed by atoms with Crippen molar-refractivity contribution < 1.29 is 14.7 Å². The van der Waals surface area contributed by atoms with E-state index < -0.39 is 5.91 Å². The van der Waals surface area contributed by atoms with E-state index in [9.17, 15) is 14.7 Å². The quantitative estimate of drug-likeness (QED) is 0.830. The topological polar surface area (TPSA) is 82.5 Å². The Kier molecular flexibility index (Phi) is 4.33. The van der Waals surface area contributed by atoms with Crippen molar-refractivity contribution in [1.29, 1.82) is 0 Å². The van der Waals surface area contributed by atoms with E-state index in [0.29, 0.717) is 0 Å². The molecule has 2 N–H and O–H groups in total. The average molecular weight is 263 g/mol. The van der Waals surface area contributed by atoms with Gasteiger partial charge in [0.2, 0.25) is 5.91 Å². The standard InChI is InChI=1S/C13H17N3O3/c17-10-4-3-6-14-12(10)13(19)15-7-5-11(18)16-8-1-2-9-16/h3-4,6,17H,1-2,5,7-9H2,(H,15,19). The number of amides is 2. The van der Waals surface area contributed by atoms with E-state index in [4.69, 9.17) is 0 Å². The van der Waals surface area contributed by atoms with Gasteiger partial charge in [-0.2, -0.15) is 0 Å². The number of hydrogen-bond acceptors (Lipinski definition) is 4. The van der Waals surface area contributed by atoms with Crippen LogP contribution in [0.15, 0.2) is 18.3 Å². The third-order valence-corrected chi connectivity index (χ3v) is 3.08. The lowest BCUT2D eigenvalue weighted by Crippen LogP contribution is -2.32.